The van der Waals surface area contributed by atoms with Crippen LogP contribution in [0.3, 0.4) is 0 Å². The molecule has 0 amide bonds. The van der Waals surface area contributed by atoms with E-state index >= 15 is 0 Å². The highest BCUT2D eigenvalue weighted by Crippen LogP contribution is 2.10. The molecule has 4 nitrogen and oxygen atoms in total. The van der Waals surface area contributed by atoms with Gasteiger partial charge in [-0.1, -0.05) is 6.07 Å². The molecule has 0 fully saturated rings. The molecule has 1 atom stereocenters. The molecule has 19 heavy (non-hydrogen) atoms. The van der Waals surface area contributed by atoms with E-state index in [1.54, 1.807) is 12.3 Å². The number of hydrogen-bond donors (Lipinski definition) is 1. The van der Waals surface area contributed by atoms with Crippen molar-refractivity contribution in [1.29, 1.82) is 5.26 Å². The fourth-order valence-corrected chi connectivity index (χ4v) is 1.84. The van der Waals surface area contributed by atoms with Crippen LogP contribution in [0.1, 0.15) is 18.1 Å². The molecule has 1 N–H and O–H groups in total. The molecule has 1 aromatic carbocycles. The van der Waals surface area contributed by atoms with Gasteiger partial charge in [-0.25, -0.2) is 4.39 Å². The van der Waals surface area contributed by atoms with Crippen molar-refractivity contribution in [3.8, 4) is 6.07 Å². The Kier molecular flexibility index (Phi) is 4.26. The summed E-state index contributed by atoms with van der Waals surface area (Å²) in [6.45, 7) is 3.32. The maximum absolute atomic E-state index is 13.0. The van der Waals surface area contributed by atoms with Gasteiger partial charge in [0.1, 0.15) is 5.82 Å². The molecule has 0 spiro atoms. The summed E-state index contributed by atoms with van der Waals surface area (Å²) in [7, 11) is 0. The topological polar surface area (TPSA) is 53.6 Å². The van der Waals surface area contributed by atoms with Gasteiger partial charge in [0.15, 0.2) is 0 Å². The van der Waals surface area contributed by atoms with Crippen molar-refractivity contribution in [3.05, 3.63) is 53.6 Å². The van der Waals surface area contributed by atoms with Crippen LogP contribution in [0, 0.1) is 17.1 Å². The molecule has 5 heteroatoms. The predicted octanol–water partition coefficient (Wildman–Crippen LogP) is 2.07. The summed E-state index contributed by atoms with van der Waals surface area (Å²) in [6, 6.07) is 8.36. The molecule has 1 heterocycles. The third kappa shape index (κ3) is 3.63. The molecule has 0 aliphatic heterocycles. The smallest absolute Gasteiger partial charge is 0.124 e. The van der Waals surface area contributed by atoms with E-state index < -0.39 is 0 Å². The lowest BCUT2D eigenvalue weighted by Gasteiger charge is -2.14. The van der Waals surface area contributed by atoms with Gasteiger partial charge in [-0.2, -0.15) is 10.4 Å². The minimum Gasteiger partial charge on any atom is -0.308 e. The highest BCUT2D eigenvalue weighted by molar-refractivity contribution is 5.37. The van der Waals surface area contributed by atoms with Crippen LogP contribution >= 0.6 is 0 Å². The molecule has 1 aromatic heterocycles. The van der Waals surface area contributed by atoms with Crippen molar-refractivity contribution in [2.45, 2.75) is 26.1 Å². The zero-order valence-electron chi connectivity index (χ0n) is 10.7. The number of nitrogens with one attached hydrogen (secondary N) is 1. The van der Waals surface area contributed by atoms with Crippen molar-refractivity contribution in [2.24, 2.45) is 0 Å². The quantitative estimate of drug-likeness (QED) is 0.893. The van der Waals surface area contributed by atoms with E-state index in [1.165, 1.54) is 12.1 Å². The summed E-state index contributed by atoms with van der Waals surface area (Å²) in [5.74, 6) is -0.384. The Morgan fingerprint density at radius 1 is 1.53 bits per heavy atom. The first-order valence-corrected chi connectivity index (χ1v) is 6.08. The molecule has 98 valence electrons. The van der Waals surface area contributed by atoms with E-state index in [2.05, 4.69) is 10.4 Å². The maximum Gasteiger partial charge on any atom is 0.124 e. The largest absolute Gasteiger partial charge is 0.308 e. The highest BCUT2D eigenvalue weighted by Gasteiger charge is 2.07. The predicted molar refractivity (Wildman–Crippen MR) is 69.6 cm³/mol. The van der Waals surface area contributed by atoms with Crippen LogP contribution in [0.5, 0.6) is 0 Å². The SMILES string of the molecule is CC(Cn1cccn1)NCc1ccc(F)cc1C#N. The van der Waals surface area contributed by atoms with Crippen LogP contribution in [0.2, 0.25) is 0 Å². The molecule has 0 aliphatic rings. The van der Waals surface area contributed by atoms with Crippen LogP contribution in [0.4, 0.5) is 4.39 Å². The Bertz CT molecular complexity index is 572. The molecule has 2 rings (SSSR count). The average molecular weight is 258 g/mol. The average Bonchev–Trinajstić information content (AvgIpc) is 2.90. The monoisotopic (exact) mass is 258 g/mol. The van der Waals surface area contributed by atoms with Gasteiger partial charge < -0.3 is 5.32 Å². The molecule has 0 saturated carbocycles. The second-order valence-corrected chi connectivity index (χ2v) is 4.42. The zero-order chi connectivity index (χ0) is 13.7. The van der Waals surface area contributed by atoms with Crippen molar-refractivity contribution in [1.82, 2.24) is 15.1 Å². The second-order valence-electron chi connectivity index (χ2n) is 4.42. The Hall–Kier alpha value is -2.19. The molecular weight excluding hydrogens is 243 g/mol. The van der Waals surface area contributed by atoms with Gasteiger partial charge in [-0.15, -0.1) is 0 Å². The summed E-state index contributed by atoms with van der Waals surface area (Å²) >= 11 is 0. The third-order valence-corrected chi connectivity index (χ3v) is 2.85. The molecule has 0 aliphatic carbocycles. The first kappa shape index (κ1) is 13.2. The van der Waals surface area contributed by atoms with Crippen molar-refractivity contribution in [2.75, 3.05) is 0 Å². The molecule has 2 aromatic rings. The first-order chi connectivity index (χ1) is 9.19. The number of nitriles is 1. The van der Waals surface area contributed by atoms with Crippen molar-refractivity contribution in [3.63, 3.8) is 0 Å². The lowest BCUT2D eigenvalue weighted by molar-refractivity contribution is 0.450. The van der Waals surface area contributed by atoms with Crippen molar-refractivity contribution >= 4 is 0 Å². The summed E-state index contributed by atoms with van der Waals surface area (Å²) in [6.07, 6.45) is 3.64. The summed E-state index contributed by atoms with van der Waals surface area (Å²) in [5, 5.41) is 16.4. The number of halogens is 1. The number of hydrogen-bond acceptors (Lipinski definition) is 3. The standard InChI is InChI=1S/C14H15FN4/c1-11(10-19-6-2-5-18-19)17-9-12-3-4-14(15)7-13(12)8-16/h2-7,11,17H,9-10H2,1H3. The van der Waals surface area contributed by atoms with Crippen molar-refractivity contribution < 1.29 is 4.39 Å². The lowest BCUT2D eigenvalue weighted by Crippen LogP contribution is -2.30. The van der Waals surface area contributed by atoms with Crippen LogP contribution in [-0.2, 0) is 13.1 Å². The van der Waals surface area contributed by atoms with E-state index in [4.69, 9.17) is 5.26 Å². The van der Waals surface area contributed by atoms with Crippen LogP contribution in [-0.4, -0.2) is 15.8 Å². The van der Waals surface area contributed by atoms with E-state index in [-0.39, 0.29) is 11.9 Å². The Morgan fingerprint density at radius 2 is 2.37 bits per heavy atom. The lowest BCUT2D eigenvalue weighted by atomic mass is 10.1. The van der Waals surface area contributed by atoms with Gasteiger partial charge in [0.05, 0.1) is 18.2 Å². The zero-order valence-corrected chi connectivity index (χ0v) is 10.7. The Balaban J connectivity index is 1.93. The number of rotatable bonds is 5. The first-order valence-electron chi connectivity index (χ1n) is 6.08. The van der Waals surface area contributed by atoms with Gasteiger partial charge in [0, 0.05) is 25.0 Å². The van der Waals surface area contributed by atoms with Crippen LogP contribution in [0.25, 0.3) is 0 Å². The van der Waals surface area contributed by atoms with E-state index in [0.717, 1.165) is 12.1 Å². The second kappa shape index (κ2) is 6.12. The number of aromatic nitrogens is 2. The van der Waals surface area contributed by atoms with E-state index in [0.29, 0.717) is 12.1 Å². The van der Waals surface area contributed by atoms with Gasteiger partial charge in [-0.05, 0) is 30.7 Å². The molecule has 0 saturated heterocycles. The number of nitrogens with zero attached hydrogens (tertiary/aromatic N) is 3. The van der Waals surface area contributed by atoms with E-state index in [1.807, 2.05) is 29.9 Å². The molecule has 1 unspecified atom stereocenters. The fourth-order valence-electron chi connectivity index (χ4n) is 1.84. The van der Waals surface area contributed by atoms with Gasteiger partial charge >= 0.3 is 0 Å². The molecular formula is C14H15FN4. The van der Waals surface area contributed by atoms with Crippen LogP contribution in [0.15, 0.2) is 36.7 Å². The fraction of sp³-hybridized carbons (Fsp3) is 0.286. The Morgan fingerprint density at radius 3 is 3.05 bits per heavy atom. The van der Waals surface area contributed by atoms with E-state index in [9.17, 15) is 4.39 Å². The highest BCUT2D eigenvalue weighted by atomic mass is 19.1. The Labute approximate surface area is 111 Å². The summed E-state index contributed by atoms with van der Waals surface area (Å²) in [5.41, 5.74) is 1.18. The van der Waals surface area contributed by atoms with Crippen LogP contribution < -0.4 is 5.32 Å². The van der Waals surface area contributed by atoms with Gasteiger partial charge in [0.25, 0.3) is 0 Å². The normalized spacial score (nSPS) is 12.1. The third-order valence-electron chi connectivity index (χ3n) is 2.85. The van der Waals surface area contributed by atoms with Gasteiger partial charge in [-0.3, -0.25) is 4.68 Å². The molecule has 0 radical (unpaired) electrons. The number of benzene rings is 1. The maximum atomic E-state index is 13.0. The summed E-state index contributed by atoms with van der Waals surface area (Å²) in [4.78, 5) is 0. The van der Waals surface area contributed by atoms with Gasteiger partial charge in [0.2, 0.25) is 0 Å². The minimum atomic E-state index is -0.384. The molecule has 0 bridgehead atoms. The minimum absolute atomic E-state index is 0.205. The summed E-state index contributed by atoms with van der Waals surface area (Å²) < 4.78 is 14.8.